The molecule has 1 aromatic rings. The van der Waals surface area contributed by atoms with Crippen LogP contribution in [0.5, 0.6) is 0 Å². The molecular weight excluding hydrogens is 224 g/mol. The van der Waals surface area contributed by atoms with Crippen LogP contribution in [0.2, 0.25) is 0 Å². The number of rotatable bonds is 6. The van der Waals surface area contributed by atoms with Crippen molar-refractivity contribution in [3.8, 4) is 0 Å². The van der Waals surface area contributed by atoms with E-state index in [4.69, 9.17) is 4.74 Å². The first-order chi connectivity index (χ1) is 8.02. The molecule has 0 saturated heterocycles. The molecule has 1 aromatic carbocycles. The minimum Gasteiger partial charge on any atom is -0.383 e. The number of hydrogen-bond acceptors (Lipinski definition) is 2. The van der Waals surface area contributed by atoms with Crippen LogP contribution in [0.4, 0.5) is 8.78 Å². The van der Waals surface area contributed by atoms with Gasteiger partial charge < -0.3 is 10.1 Å². The minimum absolute atomic E-state index is 0.173. The summed E-state index contributed by atoms with van der Waals surface area (Å²) in [6, 6.07) is 3.71. The molecule has 0 aromatic heterocycles. The molecule has 0 amide bonds. The molecule has 1 unspecified atom stereocenters. The highest BCUT2D eigenvalue weighted by atomic mass is 19.1. The smallest absolute Gasteiger partial charge is 0.126 e. The molecule has 1 atom stereocenters. The van der Waals surface area contributed by atoms with Crippen LogP contribution < -0.4 is 5.32 Å². The van der Waals surface area contributed by atoms with E-state index >= 15 is 0 Å². The van der Waals surface area contributed by atoms with Crippen LogP contribution in [0.15, 0.2) is 18.2 Å². The SMILES string of the molecule is COCC(NCc1cc(F)cc(F)c1)C(C)C. The van der Waals surface area contributed by atoms with Crippen molar-refractivity contribution in [2.45, 2.75) is 26.4 Å². The summed E-state index contributed by atoms with van der Waals surface area (Å²) < 4.78 is 31.0. The maximum absolute atomic E-state index is 13.0. The summed E-state index contributed by atoms with van der Waals surface area (Å²) >= 11 is 0. The Morgan fingerprint density at radius 1 is 1.18 bits per heavy atom. The Morgan fingerprint density at radius 3 is 2.24 bits per heavy atom. The lowest BCUT2D eigenvalue weighted by atomic mass is 10.0. The third kappa shape index (κ3) is 4.79. The van der Waals surface area contributed by atoms with Crippen molar-refractivity contribution < 1.29 is 13.5 Å². The van der Waals surface area contributed by atoms with Crippen LogP contribution in [0.3, 0.4) is 0 Å². The van der Waals surface area contributed by atoms with Crippen LogP contribution >= 0.6 is 0 Å². The summed E-state index contributed by atoms with van der Waals surface area (Å²) in [5.74, 6) is -0.697. The molecule has 1 N–H and O–H groups in total. The number of nitrogens with one attached hydrogen (secondary N) is 1. The van der Waals surface area contributed by atoms with Crippen LogP contribution in [0.1, 0.15) is 19.4 Å². The Hall–Kier alpha value is -1.00. The number of hydrogen-bond donors (Lipinski definition) is 1. The Bertz CT molecular complexity index is 335. The number of methoxy groups -OCH3 is 1. The topological polar surface area (TPSA) is 21.3 Å². The Kier molecular flexibility index (Phi) is 5.51. The summed E-state index contributed by atoms with van der Waals surface area (Å²) in [6.45, 7) is 5.15. The van der Waals surface area contributed by atoms with Crippen molar-refractivity contribution >= 4 is 0 Å². The highest BCUT2D eigenvalue weighted by molar-refractivity contribution is 5.17. The van der Waals surface area contributed by atoms with E-state index in [0.717, 1.165) is 6.07 Å². The first kappa shape index (κ1) is 14.1. The van der Waals surface area contributed by atoms with Crippen LogP contribution in [-0.2, 0) is 11.3 Å². The van der Waals surface area contributed by atoms with Gasteiger partial charge in [-0.05, 0) is 23.6 Å². The minimum atomic E-state index is -0.547. The second-order valence-corrected chi connectivity index (χ2v) is 4.46. The Labute approximate surface area is 101 Å². The van der Waals surface area contributed by atoms with Crippen molar-refractivity contribution in [3.63, 3.8) is 0 Å². The van der Waals surface area contributed by atoms with E-state index in [1.807, 2.05) is 0 Å². The number of benzene rings is 1. The van der Waals surface area contributed by atoms with Gasteiger partial charge in [0.2, 0.25) is 0 Å². The first-order valence-electron chi connectivity index (χ1n) is 5.70. The lowest BCUT2D eigenvalue weighted by Crippen LogP contribution is -2.37. The highest BCUT2D eigenvalue weighted by Crippen LogP contribution is 2.09. The van der Waals surface area contributed by atoms with E-state index in [1.54, 1.807) is 7.11 Å². The molecule has 0 bridgehead atoms. The second kappa shape index (κ2) is 6.67. The predicted octanol–water partition coefficient (Wildman–Crippen LogP) is 2.73. The molecule has 0 fully saturated rings. The van der Waals surface area contributed by atoms with Gasteiger partial charge in [0.1, 0.15) is 11.6 Å². The van der Waals surface area contributed by atoms with Gasteiger partial charge in [-0.3, -0.25) is 0 Å². The third-order valence-corrected chi connectivity index (χ3v) is 2.64. The van der Waals surface area contributed by atoms with Crippen molar-refractivity contribution in [2.24, 2.45) is 5.92 Å². The molecule has 0 aliphatic rings. The van der Waals surface area contributed by atoms with E-state index in [0.29, 0.717) is 24.6 Å². The highest BCUT2D eigenvalue weighted by Gasteiger charge is 2.12. The monoisotopic (exact) mass is 243 g/mol. The van der Waals surface area contributed by atoms with Crippen LogP contribution in [-0.4, -0.2) is 19.8 Å². The molecular formula is C13H19F2NO. The van der Waals surface area contributed by atoms with Crippen molar-refractivity contribution in [3.05, 3.63) is 35.4 Å². The molecule has 0 spiro atoms. The average Bonchev–Trinajstić information content (AvgIpc) is 2.22. The number of ether oxygens (including phenoxy) is 1. The van der Waals surface area contributed by atoms with E-state index in [-0.39, 0.29) is 6.04 Å². The normalized spacial score (nSPS) is 13.1. The lowest BCUT2D eigenvalue weighted by Gasteiger charge is -2.21. The molecule has 4 heteroatoms. The third-order valence-electron chi connectivity index (χ3n) is 2.64. The van der Waals surface area contributed by atoms with Crippen LogP contribution in [0, 0.1) is 17.6 Å². The molecule has 1 rings (SSSR count). The van der Waals surface area contributed by atoms with Gasteiger partial charge in [-0.15, -0.1) is 0 Å². The van der Waals surface area contributed by atoms with E-state index in [1.165, 1.54) is 12.1 Å². The van der Waals surface area contributed by atoms with Crippen molar-refractivity contribution in [1.82, 2.24) is 5.32 Å². The zero-order valence-electron chi connectivity index (χ0n) is 10.5. The lowest BCUT2D eigenvalue weighted by molar-refractivity contribution is 0.146. The van der Waals surface area contributed by atoms with E-state index < -0.39 is 11.6 Å². The fourth-order valence-electron chi connectivity index (χ4n) is 1.63. The zero-order valence-corrected chi connectivity index (χ0v) is 10.5. The maximum Gasteiger partial charge on any atom is 0.126 e. The molecule has 0 aliphatic heterocycles. The number of halogens is 2. The average molecular weight is 243 g/mol. The van der Waals surface area contributed by atoms with Gasteiger partial charge in [0.05, 0.1) is 6.61 Å². The van der Waals surface area contributed by atoms with Gasteiger partial charge in [0.15, 0.2) is 0 Å². The first-order valence-corrected chi connectivity index (χ1v) is 5.70. The van der Waals surface area contributed by atoms with Gasteiger partial charge in [0, 0.05) is 25.8 Å². The van der Waals surface area contributed by atoms with Crippen LogP contribution in [0.25, 0.3) is 0 Å². The van der Waals surface area contributed by atoms with E-state index in [9.17, 15) is 8.78 Å². The second-order valence-electron chi connectivity index (χ2n) is 4.46. The summed E-state index contributed by atoms with van der Waals surface area (Å²) in [4.78, 5) is 0. The summed E-state index contributed by atoms with van der Waals surface area (Å²) in [7, 11) is 1.64. The molecule has 0 heterocycles. The zero-order chi connectivity index (χ0) is 12.8. The standard InChI is InChI=1S/C13H19F2NO/c1-9(2)13(8-17-3)16-7-10-4-11(14)6-12(15)5-10/h4-6,9,13,16H,7-8H2,1-3H3. The van der Waals surface area contributed by atoms with Gasteiger partial charge in [-0.25, -0.2) is 8.78 Å². The Balaban J connectivity index is 2.58. The molecule has 96 valence electrons. The molecule has 0 radical (unpaired) electrons. The van der Waals surface area contributed by atoms with Gasteiger partial charge >= 0.3 is 0 Å². The molecule has 0 saturated carbocycles. The molecule has 2 nitrogen and oxygen atoms in total. The fourth-order valence-corrected chi connectivity index (χ4v) is 1.63. The van der Waals surface area contributed by atoms with E-state index in [2.05, 4.69) is 19.2 Å². The quantitative estimate of drug-likeness (QED) is 0.829. The summed E-state index contributed by atoms with van der Waals surface area (Å²) in [5.41, 5.74) is 0.601. The summed E-state index contributed by atoms with van der Waals surface area (Å²) in [6.07, 6.45) is 0. The Morgan fingerprint density at radius 2 is 1.76 bits per heavy atom. The van der Waals surface area contributed by atoms with Gasteiger partial charge in [-0.2, -0.15) is 0 Å². The van der Waals surface area contributed by atoms with Gasteiger partial charge in [-0.1, -0.05) is 13.8 Å². The summed E-state index contributed by atoms with van der Waals surface area (Å²) in [5, 5.41) is 3.23. The van der Waals surface area contributed by atoms with Gasteiger partial charge in [0.25, 0.3) is 0 Å². The maximum atomic E-state index is 13.0. The van der Waals surface area contributed by atoms with Crippen molar-refractivity contribution in [1.29, 1.82) is 0 Å². The fraction of sp³-hybridized carbons (Fsp3) is 0.538. The largest absolute Gasteiger partial charge is 0.383 e. The van der Waals surface area contributed by atoms with Crippen molar-refractivity contribution in [2.75, 3.05) is 13.7 Å². The molecule has 17 heavy (non-hydrogen) atoms. The molecule has 0 aliphatic carbocycles. The predicted molar refractivity (Wildman–Crippen MR) is 63.7 cm³/mol.